The van der Waals surface area contributed by atoms with Gasteiger partial charge in [-0.2, -0.15) is 0 Å². The molecule has 1 aromatic heterocycles. The van der Waals surface area contributed by atoms with Crippen molar-refractivity contribution < 1.29 is 4.39 Å². The van der Waals surface area contributed by atoms with E-state index in [9.17, 15) is 4.39 Å². The van der Waals surface area contributed by atoms with Crippen LogP contribution in [0.4, 0.5) is 4.39 Å². The molecule has 3 rings (SSSR count). The number of halogens is 1. The van der Waals surface area contributed by atoms with Crippen molar-refractivity contribution in [2.75, 3.05) is 0 Å². The van der Waals surface area contributed by atoms with Gasteiger partial charge in [0.1, 0.15) is 5.82 Å². The Kier molecular flexibility index (Phi) is 3.43. The molecule has 1 atom stereocenters. The van der Waals surface area contributed by atoms with Crippen LogP contribution in [0, 0.1) is 19.7 Å². The molecule has 2 N–H and O–H groups in total. The van der Waals surface area contributed by atoms with Crippen molar-refractivity contribution in [1.29, 1.82) is 0 Å². The molecule has 1 unspecified atom stereocenters. The maximum absolute atomic E-state index is 14.0. The van der Waals surface area contributed by atoms with Gasteiger partial charge in [-0.3, -0.25) is 4.98 Å². The molecule has 0 saturated carbocycles. The minimum Gasteiger partial charge on any atom is -0.319 e. The number of hydrogen-bond acceptors (Lipinski definition) is 2. The fraction of sp³-hybridized carbons (Fsp3) is 0.167. The van der Waals surface area contributed by atoms with Crippen molar-refractivity contribution >= 4 is 10.9 Å². The summed E-state index contributed by atoms with van der Waals surface area (Å²) in [7, 11) is 0. The molecule has 0 fully saturated rings. The number of para-hydroxylation sites is 1. The van der Waals surface area contributed by atoms with E-state index < -0.39 is 6.04 Å². The summed E-state index contributed by atoms with van der Waals surface area (Å²) >= 11 is 0. The molecule has 106 valence electrons. The molecule has 0 aliphatic heterocycles. The summed E-state index contributed by atoms with van der Waals surface area (Å²) in [5.41, 5.74) is 10.4. The zero-order chi connectivity index (χ0) is 15.0. The molecule has 1 heterocycles. The standard InChI is InChI=1S/C18H17FN2/c1-11-7-8-15(19)14(9-11)18(20)17-10-12(2)13-5-3-4-6-16(13)21-17/h3-10,18H,20H2,1-2H3. The smallest absolute Gasteiger partial charge is 0.128 e. The first kappa shape index (κ1) is 13.7. The van der Waals surface area contributed by atoms with Gasteiger partial charge in [-0.1, -0.05) is 35.9 Å². The van der Waals surface area contributed by atoms with Gasteiger partial charge < -0.3 is 5.73 Å². The average molecular weight is 280 g/mol. The topological polar surface area (TPSA) is 38.9 Å². The van der Waals surface area contributed by atoms with Gasteiger partial charge in [0.05, 0.1) is 17.3 Å². The van der Waals surface area contributed by atoms with Crippen LogP contribution in [0.25, 0.3) is 10.9 Å². The SMILES string of the molecule is Cc1ccc(F)c(C(N)c2cc(C)c3ccccc3n2)c1. The minimum absolute atomic E-state index is 0.291. The Balaban J connectivity index is 2.13. The Morgan fingerprint density at radius 3 is 2.62 bits per heavy atom. The predicted octanol–water partition coefficient (Wildman–Crippen LogP) is 4.04. The summed E-state index contributed by atoms with van der Waals surface area (Å²) in [6.07, 6.45) is 0. The summed E-state index contributed by atoms with van der Waals surface area (Å²) in [4.78, 5) is 4.59. The highest BCUT2D eigenvalue weighted by Gasteiger charge is 2.16. The number of pyridine rings is 1. The first-order valence-corrected chi connectivity index (χ1v) is 6.94. The number of nitrogens with zero attached hydrogens (tertiary/aromatic N) is 1. The van der Waals surface area contributed by atoms with Crippen LogP contribution in [-0.4, -0.2) is 4.98 Å². The van der Waals surface area contributed by atoms with Gasteiger partial charge in [0.15, 0.2) is 0 Å². The van der Waals surface area contributed by atoms with Crippen LogP contribution in [0.1, 0.15) is 28.4 Å². The molecule has 2 nitrogen and oxygen atoms in total. The Morgan fingerprint density at radius 2 is 1.81 bits per heavy atom. The van der Waals surface area contributed by atoms with E-state index in [4.69, 9.17) is 5.73 Å². The summed E-state index contributed by atoms with van der Waals surface area (Å²) < 4.78 is 14.0. The molecule has 0 spiro atoms. The Bertz CT molecular complexity index is 811. The van der Waals surface area contributed by atoms with E-state index in [2.05, 4.69) is 4.98 Å². The Morgan fingerprint density at radius 1 is 1.05 bits per heavy atom. The maximum atomic E-state index is 14.0. The molecule has 3 aromatic rings. The van der Waals surface area contributed by atoms with Crippen molar-refractivity contribution in [2.45, 2.75) is 19.9 Å². The van der Waals surface area contributed by atoms with Crippen molar-refractivity contribution in [1.82, 2.24) is 4.98 Å². The number of rotatable bonds is 2. The monoisotopic (exact) mass is 280 g/mol. The quantitative estimate of drug-likeness (QED) is 0.769. The van der Waals surface area contributed by atoms with Gasteiger partial charge >= 0.3 is 0 Å². The van der Waals surface area contributed by atoms with Gasteiger partial charge in [-0.05, 0) is 37.6 Å². The number of benzene rings is 2. The Labute approximate surface area is 123 Å². The second-order valence-electron chi connectivity index (χ2n) is 5.38. The lowest BCUT2D eigenvalue weighted by Gasteiger charge is -2.15. The molecule has 0 saturated heterocycles. The molecular formula is C18H17FN2. The average Bonchev–Trinajstić information content (AvgIpc) is 2.49. The fourth-order valence-electron chi connectivity index (χ4n) is 2.60. The summed E-state index contributed by atoms with van der Waals surface area (Å²) in [6, 6.07) is 14.3. The fourth-order valence-corrected chi connectivity index (χ4v) is 2.60. The van der Waals surface area contributed by atoms with Crippen LogP contribution in [0.3, 0.4) is 0 Å². The summed E-state index contributed by atoms with van der Waals surface area (Å²) in [5, 5.41) is 1.10. The zero-order valence-corrected chi connectivity index (χ0v) is 12.1. The van der Waals surface area contributed by atoms with Gasteiger partial charge in [0, 0.05) is 10.9 Å². The van der Waals surface area contributed by atoms with Crippen LogP contribution in [0.15, 0.2) is 48.5 Å². The van der Waals surface area contributed by atoms with Crippen molar-refractivity contribution in [3.05, 3.63) is 76.7 Å². The van der Waals surface area contributed by atoms with Crippen LogP contribution >= 0.6 is 0 Å². The summed E-state index contributed by atoms with van der Waals surface area (Å²) in [6.45, 7) is 3.95. The molecule has 21 heavy (non-hydrogen) atoms. The van der Waals surface area contributed by atoms with E-state index in [1.807, 2.05) is 44.2 Å². The van der Waals surface area contributed by atoms with Crippen LogP contribution in [0.5, 0.6) is 0 Å². The molecule has 0 bridgehead atoms. The maximum Gasteiger partial charge on any atom is 0.128 e. The van der Waals surface area contributed by atoms with Crippen LogP contribution in [-0.2, 0) is 0 Å². The van der Waals surface area contributed by atoms with E-state index >= 15 is 0 Å². The highest BCUT2D eigenvalue weighted by Crippen LogP contribution is 2.25. The lowest BCUT2D eigenvalue weighted by atomic mass is 9.99. The molecule has 0 amide bonds. The van der Waals surface area contributed by atoms with Gasteiger partial charge in [-0.25, -0.2) is 4.39 Å². The number of fused-ring (bicyclic) bond motifs is 1. The first-order chi connectivity index (χ1) is 10.1. The molecule has 0 aliphatic rings. The number of nitrogens with two attached hydrogens (primary N) is 1. The van der Waals surface area contributed by atoms with E-state index in [0.29, 0.717) is 11.3 Å². The number of hydrogen-bond donors (Lipinski definition) is 1. The molecular weight excluding hydrogens is 263 g/mol. The molecule has 3 heteroatoms. The third-order valence-electron chi connectivity index (χ3n) is 3.75. The van der Waals surface area contributed by atoms with Crippen molar-refractivity contribution in [2.24, 2.45) is 5.73 Å². The highest BCUT2D eigenvalue weighted by atomic mass is 19.1. The third-order valence-corrected chi connectivity index (χ3v) is 3.75. The van der Waals surface area contributed by atoms with Crippen molar-refractivity contribution in [3.8, 4) is 0 Å². The second-order valence-corrected chi connectivity index (χ2v) is 5.38. The van der Waals surface area contributed by atoms with E-state index in [-0.39, 0.29) is 5.82 Å². The number of aromatic nitrogens is 1. The lowest BCUT2D eigenvalue weighted by molar-refractivity contribution is 0.597. The van der Waals surface area contributed by atoms with Crippen LogP contribution in [0.2, 0.25) is 0 Å². The second kappa shape index (κ2) is 5.26. The highest BCUT2D eigenvalue weighted by molar-refractivity contribution is 5.82. The molecule has 0 radical (unpaired) electrons. The van der Waals surface area contributed by atoms with E-state index in [1.54, 1.807) is 12.1 Å². The molecule has 0 aliphatic carbocycles. The zero-order valence-electron chi connectivity index (χ0n) is 12.1. The largest absolute Gasteiger partial charge is 0.319 e. The van der Waals surface area contributed by atoms with Gasteiger partial charge in [0.25, 0.3) is 0 Å². The van der Waals surface area contributed by atoms with Crippen molar-refractivity contribution in [3.63, 3.8) is 0 Å². The molecule has 2 aromatic carbocycles. The van der Waals surface area contributed by atoms with Gasteiger partial charge in [0.2, 0.25) is 0 Å². The number of aryl methyl sites for hydroxylation is 2. The normalized spacial score (nSPS) is 12.6. The van der Waals surface area contributed by atoms with E-state index in [0.717, 1.165) is 22.0 Å². The lowest BCUT2D eigenvalue weighted by Crippen LogP contribution is -2.15. The third kappa shape index (κ3) is 2.52. The van der Waals surface area contributed by atoms with Gasteiger partial charge in [-0.15, -0.1) is 0 Å². The predicted molar refractivity (Wildman–Crippen MR) is 83.6 cm³/mol. The minimum atomic E-state index is -0.562. The van der Waals surface area contributed by atoms with E-state index in [1.165, 1.54) is 6.07 Å². The van der Waals surface area contributed by atoms with Crippen LogP contribution < -0.4 is 5.73 Å². The summed E-state index contributed by atoms with van der Waals surface area (Å²) in [5.74, 6) is -0.291. The Hall–Kier alpha value is -2.26. The first-order valence-electron chi connectivity index (χ1n) is 6.94.